The Labute approximate surface area is 147 Å². The SMILES string of the molecule is CCCCC[C@H]1O[C@H]1CC=CCC=CCC=CCCCC(=O)OC. The van der Waals surface area contributed by atoms with E-state index in [1.54, 1.807) is 0 Å². The predicted molar refractivity (Wildman–Crippen MR) is 99.9 cm³/mol. The largest absolute Gasteiger partial charge is 0.469 e. The highest BCUT2D eigenvalue weighted by atomic mass is 16.6. The molecule has 2 atom stereocenters. The summed E-state index contributed by atoms with van der Waals surface area (Å²) < 4.78 is 10.3. The number of carbonyl (C=O) groups excluding carboxylic acids is 1. The lowest BCUT2D eigenvalue weighted by molar-refractivity contribution is -0.140. The molecule has 0 bridgehead atoms. The average Bonchev–Trinajstić information content (AvgIpc) is 3.34. The van der Waals surface area contributed by atoms with Crippen LogP contribution in [0.3, 0.4) is 0 Å². The van der Waals surface area contributed by atoms with Crippen LogP contribution >= 0.6 is 0 Å². The van der Waals surface area contributed by atoms with Crippen LogP contribution < -0.4 is 0 Å². The topological polar surface area (TPSA) is 38.8 Å². The smallest absolute Gasteiger partial charge is 0.305 e. The summed E-state index contributed by atoms with van der Waals surface area (Å²) >= 11 is 0. The summed E-state index contributed by atoms with van der Waals surface area (Å²) in [5, 5.41) is 0. The molecule has 1 heterocycles. The zero-order valence-corrected chi connectivity index (χ0v) is 15.4. The minimum absolute atomic E-state index is 0.126. The van der Waals surface area contributed by atoms with E-state index in [0.717, 1.165) is 32.1 Å². The van der Waals surface area contributed by atoms with Crippen LogP contribution in [0.25, 0.3) is 0 Å². The van der Waals surface area contributed by atoms with Gasteiger partial charge in [-0.2, -0.15) is 0 Å². The van der Waals surface area contributed by atoms with Crippen molar-refractivity contribution in [3.8, 4) is 0 Å². The summed E-state index contributed by atoms with van der Waals surface area (Å²) in [7, 11) is 1.43. The van der Waals surface area contributed by atoms with Gasteiger partial charge in [0.05, 0.1) is 19.3 Å². The fraction of sp³-hybridized carbons (Fsp3) is 0.667. The van der Waals surface area contributed by atoms with Crippen LogP contribution in [0, 0.1) is 0 Å². The van der Waals surface area contributed by atoms with Crippen molar-refractivity contribution in [3.63, 3.8) is 0 Å². The number of ether oxygens (including phenoxy) is 2. The van der Waals surface area contributed by atoms with E-state index in [1.807, 2.05) is 0 Å². The molecule has 136 valence electrons. The summed E-state index contributed by atoms with van der Waals surface area (Å²) in [5.41, 5.74) is 0. The lowest BCUT2D eigenvalue weighted by Gasteiger charge is -1.95. The first-order valence-electron chi connectivity index (χ1n) is 9.45. The second kappa shape index (κ2) is 14.0. The van der Waals surface area contributed by atoms with Gasteiger partial charge in [-0.25, -0.2) is 0 Å². The maximum atomic E-state index is 10.9. The molecule has 0 aromatic carbocycles. The molecule has 1 aliphatic heterocycles. The molecule has 1 rings (SSSR count). The molecular weight excluding hydrogens is 300 g/mol. The fourth-order valence-electron chi connectivity index (χ4n) is 2.59. The second-order valence-electron chi connectivity index (χ2n) is 6.30. The van der Waals surface area contributed by atoms with Crippen LogP contribution in [-0.2, 0) is 14.3 Å². The molecule has 0 aromatic rings. The molecule has 0 saturated carbocycles. The zero-order valence-electron chi connectivity index (χ0n) is 15.4. The first-order chi connectivity index (χ1) is 11.8. The van der Waals surface area contributed by atoms with Gasteiger partial charge in [0.25, 0.3) is 0 Å². The molecule has 1 aliphatic rings. The van der Waals surface area contributed by atoms with Crippen molar-refractivity contribution >= 4 is 5.97 Å². The lowest BCUT2D eigenvalue weighted by Crippen LogP contribution is -1.98. The van der Waals surface area contributed by atoms with Crippen molar-refractivity contribution in [1.29, 1.82) is 0 Å². The molecule has 0 aliphatic carbocycles. The molecule has 0 amide bonds. The van der Waals surface area contributed by atoms with E-state index in [2.05, 4.69) is 48.1 Å². The van der Waals surface area contributed by atoms with Gasteiger partial charge in [0.15, 0.2) is 0 Å². The van der Waals surface area contributed by atoms with Crippen molar-refractivity contribution < 1.29 is 14.3 Å². The summed E-state index contributed by atoms with van der Waals surface area (Å²) in [6.45, 7) is 2.24. The highest BCUT2D eigenvalue weighted by Crippen LogP contribution is 2.30. The Morgan fingerprint density at radius 1 is 0.958 bits per heavy atom. The Kier molecular flexibility index (Phi) is 12.1. The maximum Gasteiger partial charge on any atom is 0.305 e. The van der Waals surface area contributed by atoms with Crippen molar-refractivity contribution in [1.82, 2.24) is 0 Å². The molecule has 0 unspecified atom stereocenters. The van der Waals surface area contributed by atoms with Gasteiger partial charge in [0.2, 0.25) is 0 Å². The first kappa shape index (κ1) is 20.7. The molecule has 24 heavy (non-hydrogen) atoms. The molecule has 1 fully saturated rings. The van der Waals surface area contributed by atoms with Gasteiger partial charge in [-0.15, -0.1) is 0 Å². The fourth-order valence-corrected chi connectivity index (χ4v) is 2.59. The number of hydrogen-bond acceptors (Lipinski definition) is 3. The third-order valence-corrected chi connectivity index (χ3v) is 4.17. The minimum atomic E-state index is -0.126. The molecule has 0 aromatic heterocycles. The lowest BCUT2D eigenvalue weighted by atomic mass is 10.1. The van der Waals surface area contributed by atoms with Crippen molar-refractivity contribution in [3.05, 3.63) is 36.5 Å². The minimum Gasteiger partial charge on any atom is -0.469 e. The highest BCUT2D eigenvalue weighted by molar-refractivity contribution is 5.69. The van der Waals surface area contributed by atoms with Gasteiger partial charge in [0.1, 0.15) is 0 Å². The van der Waals surface area contributed by atoms with E-state index in [9.17, 15) is 4.79 Å². The Morgan fingerprint density at radius 3 is 2.38 bits per heavy atom. The standard InChI is InChI=1S/C21H34O3/c1-3-4-13-16-19-20(24-19)17-14-11-9-7-5-6-8-10-12-15-18-21(22)23-2/h5,7-8,10-11,14,19-20H,3-4,6,9,12-13,15-18H2,1-2H3/t19-,20+/m1/s1. The number of esters is 1. The van der Waals surface area contributed by atoms with Gasteiger partial charge in [0, 0.05) is 6.42 Å². The molecule has 0 radical (unpaired) electrons. The van der Waals surface area contributed by atoms with Crippen LogP contribution in [0.15, 0.2) is 36.5 Å². The zero-order chi connectivity index (χ0) is 17.5. The van der Waals surface area contributed by atoms with Crippen molar-refractivity contribution in [2.45, 2.75) is 83.3 Å². The van der Waals surface area contributed by atoms with Gasteiger partial charge < -0.3 is 9.47 Å². The number of unbranched alkanes of at least 4 members (excludes halogenated alkanes) is 3. The van der Waals surface area contributed by atoms with Gasteiger partial charge in [-0.05, 0) is 38.5 Å². The van der Waals surface area contributed by atoms with Crippen LogP contribution in [0.4, 0.5) is 0 Å². The van der Waals surface area contributed by atoms with E-state index < -0.39 is 0 Å². The number of rotatable bonds is 14. The number of methoxy groups -OCH3 is 1. The maximum absolute atomic E-state index is 10.9. The number of hydrogen-bond donors (Lipinski definition) is 0. The van der Waals surface area contributed by atoms with E-state index in [1.165, 1.54) is 32.8 Å². The third kappa shape index (κ3) is 11.2. The Balaban J connectivity index is 1.90. The Hall–Kier alpha value is -1.35. The summed E-state index contributed by atoms with van der Waals surface area (Å²) in [6, 6.07) is 0. The molecular formula is C21H34O3. The van der Waals surface area contributed by atoms with Crippen LogP contribution in [0.2, 0.25) is 0 Å². The van der Waals surface area contributed by atoms with Crippen LogP contribution in [0.5, 0.6) is 0 Å². The van der Waals surface area contributed by atoms with Crippen molar-refractivity contribution in [2.24, 2.45) is 0 Å². The highest BCUT2D eigenvalue weighted by Gasteiger charge is 2.36. The van der Waals surface area contributed by atoms with Gasteiger partial charge >= 0.3 is 5.97 Å². The van der Waals surface area contributed by atoms with E-state index >= 15 is 0 Å². The number of epoxide rings is 1. The van der Waals surface area contributed by atoms with Gasteiger partial charge in [-0.3, -0.25) is 4.79 Å². The summed E-state index contributed by atoms with van der Waals surface area (Å²) in [6.07, 6.45) is 24.6. The van der Waals surface area contributed by atoms with Crippen LogP contribution in [0.1, 0.15) is 71.1 Å². The summed E-state index contributed by atoms with van der Waals surface area (Å²) in [5.74, 6) is -0.126. The van der Waals surface area contributed by atoms with E-state index in [0.29, 0.717) is 18.6 Å². The van der Waals surface area contributed by atoms with Crippen molar-refractivity contribution in [2.75, 3.05) is 7.11 Å². The monoisotopic (exact) mass is 334 g/mol. The first-order valence-corrected chi connectivity index (χ1v) is 9.45. The Bertz CT molecular complexity index is 409. The molecule has 3 heteroatoms. The second-order valence-corrected chi connectivity index (χ2v) is 6.30. The van der Waals surface area contributed by atoms with Gasteiger partial charge in [-0.1, -0.05) is 62.6 Å². The molecule has 0 spiro atoms. The number of allylic oxidation sites excluding steroid dienone is 5. The van der Waals surface area contributed by atoms with Crippen LogP contribution in [-0.4, -0.2) is 25.3 Å². The summed E-state index contributed by atoms with van der Waals surface area (Å²) in [4.78, 5) is 10.9. The molecule has 3 nitrogen and oxygen atoms in total. The normalized spacial score (nSPS) is 20.4. The predicted octanol–water partition coefficient (Wildman–Crippen LogP) is 5.52. The third-order valence-electron chi connectivity index (χ3n) is 4.17. The van der Waals surface area contributed by atoms with E-state index in [4.69, 9.17) is 4.74 Å². The average molecular weight is 335 g/mol. The quantitative estimate of drug-likeness (QED) is 0.182. The van der Waals surface area contributed by atoms with E-state index in [-0.39, 0.29) is 5.97 Å². The Morgan fingerprint density at radius 2 is 1.67 bits per heavy atom. The molecule has 1 saturated heterocycles. The number of carbonyl (C=O) groups is 1. The molecule has 0 N–H and O–H groups in total.